The van der Waals surface area contributed by atoms with Crippen LogP contribution in [0.5, 0.6) is 0 Å². The van der Waals surface area contributed by atoms with Crippen LogP contribution in [0.25, 0.3) is 0 Å². The molecule has 27 heavy (non-hydrogen) atoms. The molecule has 2 rings (SSSR count). The molecule has 4 nitrogen and oxygen atoms in total. The van der Waals surface area contributed by atoms with Crippen LogP contribution in [0.15, 0.2) is 42.5 Å². The number of benzene rings is 2. The minimum absolute atomic E-state index is 0.0301. The van der Waals surface area contributed by atoms with Gasteiger partial charge < -0.3 is 15.2 Å². The Hall–Kier alpha value is -2.04. The van der Waals surface area contributed by atoms with Crippen molar-refractivity contribution in [3.05, 3.63) is 58.6 Å². The quantitative estimate of drug-likeness (QED) is 0.526. The standard InChI is InChI=1S/C22H28ClNO3/c1-5-15(14-21(25)26)16-7-12-19(22(3,4)27-6-2)20(13-16)24-18-10-8-17(23)9-11-18/h7-13,15,24H,5-6,14H2,1-4H3,(H,25,26)/t15-/m0/s1. The molecule has 0 saturated heterocycles. The van der Waals surface area contributed by atoms with Crippen LogP contribution in [0.3, 0.4) is 0 Å². The number of rotatable bonds is 9. The number of carboxylic acids is 1. The third-order valence-corrected chi connectivity index (χ3v) is 4.96. The molecule has 2 aromatic rings. The highest BCUT2D eigenvalue weighted by Crippen LogP contribution is 2.36. The van der Waals surface area contributed by atoms with Gasteiger partial charge in [0.1, 0.15) is 0 Å². The highest BCUT2D eigenvalue weighted by Gasteiger charge is 2.25. The number of ether oxygens (including phenoxy) is 1. The van der Waals surface area contributed by atoms with Crippen molar-refractivity contribution in [3.63, 3.8) is 0 Å². The second-order valence-electron chi connectivity index (χ2n) is 7.08. The van der Waals surface area contributed by atoms with E-state index in [1.807, 2.05) is 70.2 Å². The largest absolute Gasteiger partial charge is 0.481 e. The predicted octanol–water partition coefficient (Wildman–Crippen LogP) is 6.32. The first-order chi connectivity index (χ1) is 12.8. The van der Waals surface area contributed by atoms with Gasteiger partial charge in [0.2, 0.25) is 0 Å². The van der Waals surface area contributed by atoms with Gasteiger partial charge in [0, 0.05) is 28.6 Å². The molecule has 0 heterocycles. The van der Waals surface area contributed by atoms with Crippen LogP contribution < -0.4 is 5.32 Å². The average Bonchev–Trinajstić information content (AvgIpc) is 2.61. The van der Waals surface area contributed by atoms with Crippen molar-refractivity contribution in [3.8, 4) is 0 Å². The summed E-state index contributed by atoms with van der Waals surface area (Å²) in [4.78, 5) is 11.2. The summed E-state index contributed by atoms with van der Waals surface area (Å²) in [7, 11) is 0. The summed E-state index contributed by atoms with van der Waals surface area (Å²) >= 11 is 5.99. The van der Waals surface area contributed by atoms with E-state index in [0.29, 0.717) is 11.6 Å². The van der Waals surface area contributed by atoms with Crippen molar-refractivity contribution in [2.45, 2.75) is 52.1 Å². The molecule has 0 aliphatic heterocycles. The molecule has 0 saturated carbocycles. The topological polar surface area (TPSA) is 58.6 Å². The zero-order valence-electron chi connectivity index (χ0n) is 16.4. The van der Waals surface area contributed by atoms with Gasteiger partial charge in [-0.15, -0.1) is 0 Å². The van der Waals surface area contributed by atoms with Gasteiger partial charge in [-0.1, -0.05) is 30.7 Å². The van der Waals surface area contributed by atoms with Crippen molar-refractivity contribution in [1.29, 1.82) is 0 Å². The monoisotopic (exact) mass is 389 g/mol. The molecule has 2 aromatic carbocycles. The fourth-order valence-electron chi connectivity index (χ4n) is 3.28. The fourth-order valence-corrected chi connectivity index (χ4v) is 3.41. The van der Waals surface area contributed by atoms with Gasteiger partial charge in [0.25, 0.3) is 0 Å². The van der Waals surface area contributed by atoms with Gasteiger partial charge in [-0.3, -0.25) is 4.79 Å². The SMILES string of the molecule is CCOC(C)(C)c1ccc([C@@H](CC)CC(=O)O)cc1Nc1ccc(Cl)cc1. The highest BCUT2D eigenvalue weighted by atomic mass is 35.5. The number of halogens is 1. The first-order valence-electron chi connectivity index (χ1n) is 9.29. The van der Waals surface area contributed by atoms with E-state index in [1.54, 1.807) is 0 Å². The van der Waals surface area contributed by atoms with E-state index in [1.165, 1.54) is 0 Å². The molecule has 0 spiro atoms. The van der Waals surface area contributed by atoms with E-state index in [0.717, 1.165) is 28.9 Å². The van der Waals surface area contributed by atoms with E-state index in [-0.39, 0.29) is 12.3 Å². The lowest BCUT2D eigenvalue weighted by atomic mass is 9.88. The first kappa shape index (κ1) is 21.3. The molecule has 0 radical (unpaired) electrons. The van der Waals surface area contributed by atoms with Gasteiger partial charge in [-0.25, -0.2) is 0 Å². The lowest BCUT2D eigenvalue weighted by Crippen LogP contribution is -2.23. The van der Waals surface area contributed by atoms with Crippen LogP contribution in [-0.4, -0.2) is 17.7 Å². The van der Waals surface area contributed by atoms with Crippen molar-refractivity contribution >= 4 is 28.9 Å². The van der Waals surface area contributed by atoms with E-state index in [4.69, 9.17) is 16.3 Å². The number of hydrogen-bond acceptors (Lipinski definition) is 3. The molecule has 0 amide bonds. The molecule has 0 aromatic heterocycles. The van der Waals surface area contributed by atoms with Crippen LogP contribution in [0.4, 0.5) is 11.4 Å². The highest BCUT2D eigenvalue weighted by molar-refractivity contribution is 6.30. The molecule has 2 N–H and O–H groups in total. The molecule has 1 atom stereocenters. The molecule has 146 valence electrons. The zero-order chi connectivity index (χ0) is 20.0. The Morgan fingerprint density at radius 1 is 1.19 bits per heavy atom. The van der Waals surface area contributed by atoms with Crippen molar-refractivity contribution in [2.24, 2.45) is 0 Å². The Labute approximate surface area is 166 Å². The summed E-state index contributed by atoms with van der Waals surface area (Å²) in [6, 6.07) is 13.6. The van der Waals surface area contributed by atoms with Crippen LogP contribution in [0.2, 0.25) is 5.02 Å². The maximum absolute atomic E-state index is 11.2. The average molecular weight is 390 g/mol. The summed E-state index contributed by atoms with van der Waals surface area (Å²) in [5.74, 6) is -0.815. The van der Waals surface area contributed by atoms with E-state index in [2.05, 4.69) is 5.32 Å². The molecule has 0 unspecified atom stereocenters. The normalized spacial score (nSPS) is 12.6. The molecule has 0 bridgehead atoms. The summed E-state index contributed by atoms with van der Waals surface area (Å²) in [5, 5.41) is 13.3. The summed E-state index contributed by atoms with van der Waals surface area (Å²) < 4.78 is 5.95. The minimum Gasteiger partial charge on any atom is -0.481 e. The van der Waals surface area contributed by atoms with Gasteiger partial charge in [0.15, 0.2) is 0 Å². The lowest BCUT2D eigenvalue weighted by molar-refractivity contribution is -0.137. The summed E-state index contributed by atoms with van der Waals surface area (Å²) in [5.41, 5.74) is 3.38. The summed E-state index contributed by atoms with van der Waals surface area (Å²) in [6.45, 7) is 8.66. The Morgan fingerprint density at radius 2 is 1.85 bits per heavy atom. The van der Waals surface area contributed by atoms with E-state index in [9.17, 15) is 9.90 Å². The maximum Gasteiger partial charge on any atom is 0.303 e. The van der Waals surface area contributed by atoms with Crippen LogP contribution in [-0.2, 0) is 15.1 Å². The third-order valence-electron chi connectivity index (χ3n) is 4.71. The fraction of sp³-hybridized carbons (Fsp3) is 0.409. The number of anilines is 2. The third kappa shape index (κ3) is 5.72. The van der Waals surface area contributed by atoms with Crippen LogP contribution in [0, 0.1) is 0 Å². The molecular weight excluding hydrogens is 362 g/mol. The van der Waals surface area contributed by atoms with E-state index >= 15 is 0 Å². The lowest BCUT2D eigenvalue weighted by Gasteiger charge is -2.29. The molecule has 0 aliphatic carbocycles. The molecule has 5 heteroatoms. The molecule has 0 fully saturated rings. The van der Waals surface area contributed by atoms with Crippen LogP contribution >= 0.6 is 11.6 Å². The number of hydrogen-bond donors (Lipinski definition) is 2. The Balaban J connectivity index is 2.47. The predicted molar refractivity (Wildman–Crippen MR) is 111 cm³/mol. The molecular formula is C22H28ClNO3. The van der Waals surface area contributed by atoms with Gasteiger partial charge in [0.05, 0.1) is 12.0 Å². The number of carboxylic acid groups (broad SMARTS) is 1. The first-order valence-corrected chi connectivity index (χ1v) is 9.67. The Morgan fingerprint density at radius 3 is 2.41 bits per heavy atom. The summed E-state index contributed by atoms with van der Waals surface area (Å²) in [6.07, 6.45) is 0.881. The Bertz CT molecular complexity index is 772. The van der Waals surface area contributed by atoms with Gasteiger partial charge in [-0.2, -0.15) is 0 Å². The van der Waals surface area contributed by atoms with Gasteiger partial charge >= 0.3 is 5.97 Å². The van der Waals surface area contributed by atoms with Crippen molar-refractivity contribution in [1.82, 2.24) is 0 Å². The number of aliphatic carboxylic acids is 1. The Kier molecular flexibility index (Phi) is 7.28. The second-order valence-corrected chi connectivity index (χ2v) is 7.52. The smallest absolute Gasteiger partial charge is 0.303 e. The zero-order valence-corrected chi connectivity index (χ0v) is 17.1. The maximum atomic E-state index is 11.2. The molecule has 0 aliphatic rings. The van der Waals surface area contributed by atoms with E-state index < -0.39 is 11.6 Å². The van der Waals surface area contributed by atoms with Crippen molar-refractivity contribution in [2.75, 3.05) is 11.9 Å². The van der Waals surface area contributed by atoms with Crippen LogP contribution in [0.1, 0.15) is 57.6 Å². The number of carbonyl (C=O) groups is 1. The second kappa shape index (κ2) is 9.25. The van der Waals surface area contributed by atoms with Crippen molar-refractivity contribution < 1.29 is 14.6 Å². The minimum atomic E-state index is -0.784. The van der Waals surface area contributed by atoms with Gasteiger partial charge in [-0.05, 0) is 69.0 Å². The number of nitrogens with one attached hydrogen (secondary N) is 1.